The fraction of sp³-hybridized carbons (Fsp3) is 0.929. The highest BCUT2D eigenvalue weighted by Crippen LogP contribution is 2.32. The molecule has 1 fully saturated rings. The second-order valence-corrected chi connectivity index (χ2v) is 6.32. The van der Waals surface area contributed by atoms with Crippen LogP contribution in [0.3, 0.4) is 0 Å². The van der Waals surface area contributed by atoms with Crippen LogP contribution in [0.15, 0.2) is 0 Å². The zero-order chi connectivity index (χ0) is 15.5. The smallest absolute Gasteiger partial charge is 0.311 e. The molecule has 5 atom stereocenters. The Hall–Kier alpha value is -0.690. The van der Waals surface area contributed by atoms with Crippen molar-refractivity contribution in [1.82, 2.24) is 0 Å². The molecule has 0 amide bonds. The van der Waals surface area contributed by atoms with E-state index in [0.717, 1.165) is 0 Å². The molecule has 6 heteroatoms. The third-order valence-corrected chi connectivity index (χ3v) is 3.68. The van der Waals surface area contributed by atoms with Gasteiger partial charge in [-0.3, -0.25) is 4.79 Å². The van der Waals surface area contributed by atoms with Crippen LogP contribution in [-0.2, 0) is 19.0 Å². The third-order valence-electron chi connectivity index (χ3n) is 3.68. The molecule has 0 spiro atoms. The molecule has 118 valence electrons. The molecule has 0 aromatic carbocycles. The normalized spacial score (nSPS) is 34.9. The Morgan fingerprint density at radius 1 is 1.35 bits per heavy atom. The maximum absolute atomic E-state index is 11.8. The van der Waals surface area contributed by atoms with E-state index in [9.17, 15) is 15.0 Å². The Morgan fingerprint density at radius 3 is 2.40 bits per heavy atom. The van der Waals surface area contributed by atoms with E-state index in [1.807, 2.05) is 6.92 Å². The van der Waals surface area contributed by atoms with Gasteiger partial charge in [-0.15, -0.1) is 0 Å². The Labute approximate surface area is 120 Å². The van der Waals surface area contributed by atoms with Gasteiger partial charge in [0.2, 0.25) is 0 Å². The highest BCUT2D eigenvalue weighted by molar-refractivity contribution is 5.75. The Morgan fingerprint density at radius 2 is 1.95 bits per heavy atom. The van der Waals surface area contributed by atoms with E-state index in [1.165, 1.54) is 7.11 Å². The van der Waals surface area contributed by atoms with Crippen LogP contribution in [0.2, 0.25) is 0 Å². The van der Waals surface area contributed by atoms with Gasteiger partial charge in [-0.05, 0) is 26.7 Å². The van der Waals surface area contributed by atoms with Crippen molar-refractivity contribution in [2.45, 2.75) is 46.2 Å². The predicted octanol–water partition coefficient (Wildman–Crippen LogP) is 0.552. The minimum atomic E-state index is -0.815. The van der Waals surface area contributed by atoms with Gasteiger partial charge in [0, 0.05) is 13.0 Å². The molecule has 0 radical (unpaired) electrons. The van der Waals surface area contributed by atoms with Crippen molar-refractivity contribution in [3.63, 3.8) is 0 Å². The van der Waals surface area contributed by atoms with Gasteiger partial charge in [-0.25, -0.2) is 0 Å². The van der Waals surface area contributed by atoms with Gasteiger partial charge in [0.05, 0.1) is 24.7 Å². The molecule has 1 rings (SSSR count). The summed E-state index contributed by atoms with van der Waals surface area (Å²) in [5, 5.41) is 19.2. The van der Waals surface area contributed by atoms with Gasteiger partial charge < -0.3 is 24.4 Å². The Balaban J connectivity index is 2.69. The number of rotatable bonds is 4. The van der Waals surface area contributed by atoms with Crippen molar-refractivity contribution in [3.05, 3.63) is 0 Å². The summed E-state index contributed by atoms with van der Waals surface area (Å²) in [7, 11) is 1.49. The number of hydrogen-bond donors (Lipinski definition) is 2. The molecule has 1 aliphatic heterocycles. The molecule has 0 saturated carbocycles. The van der Waals surface area contributed by atoms with Crippen LogP contribution in [0.1, 0.15) is 27.7 Å². The van der Waals surface area contributed by atoms with Gasteiger partial charge in [-0.1, -0.05) is 6.92 Å². The lowest BCUT2D eigenvalue weighted by molar-refractivity contribution is -0.270. The summed E-state index contributed by atoms with van der Waals surface area (Å²) >= 11 is 0. The molecule has 6 nitrogen and oxygen atoms in total. The van der Waals surface area contributed by atoms with Crippen LogP contribution < -0.4 is 0 Å². The van der Waals surface area contributed by atoms with E-state index >= 15 is 0 Å². The quantitative estimate of drug-likeness (QED) is 0.736. The molecule has 1 heterocycles. The lowest BCUT2D eigenvalue weighted by Crippen LogP contribution is -2.53. The van der Waals surface area contributed by atoms with Gasteiger partial charge in [-0.2, -0.15) is 0 Å². The monoisotopic (exact) mass is 290 g/mol. The van der Waals surface area contributed by atoms with Crippen molar-refractivity contribution in [2.24, 2.45) is 17.3 Å². The highest BCUT2D eigenvalue weighted by atomic mass is 16.7. The first-order valence-electron chi connectivity index (χ1n) is 6.86. The van der Waals surface area contributed by atoms with E-state index in [2.05, 4.69) is 0 Å². The maximum Gasteiger partial charge on any atom is 0.311 e. The summed E-state index contributed by atoms with van der Waals surface area (Å²) in [4.78, 5) is 11.8. The minimum absolute atomic E-state index is 0.116. The summed E-state index contributed by atoms with van der Waals surface area (Å²) in [5.41, 5.74) is -0.576. The molecular weight excluding hydrogens is 264 g/mol. The highest BCUT2D eigenvalue weighted by Gasteiger charge is 2.43. The minimum Gasteiger partial charge on any atom is -0.465 e. The van der Waals surface area contributed by atoms with Gasteiger partial charge in [0.15, 0.2) is 6.29 Å². The summed E-state index contributed by atoms with van der Waals surface area (Å²) in [6.45, 7) is 7.00. The number of aliphatic hydroxyl groups is 2. The summed E-state index contributed by atoms with van der Waals surface area (Å²) in [6, 6.07) is 0. The van der Waals surface area contributed by atoms with Crippen LogP contribution in [0, 0.1) is 17.3 Å². The molecule has 1 aliphatic rings. The number of ether oxygens (including phenoxy) is 3. The number of esters is 1. The van der Waals surface area contributed by atoms with E-state index in [4.69, 9.17) is 14.2 Å². The fourth-order valence-electron chi connectivity index (χ4n) is 2.19. The second kappa shape index (κ2) is 6.85. The molecule has 0 unspecified atom stereocenters. The third kappa shape index (κ3) is 3.91. The van der Waals surface area contributed by atoms with E-state index in [0.29, 0.717) is 0 Å². The lowest BCUT2D eigenvalue weighted by Gasteiger charge is -2.42. The van der Waals surface area contributed by atoms with Crippen LogP contribution in [0.4, 0.5) is 0 Å². The summed E-state index contributed by atoms with van der Waals surface area (Å²) < 4.78 is 16.0. The molecule has 0 bridgehead atoms. The van der Waals surface area contributed by atoms with Crippen molar-refractivity contribution in [1.29, 1.82) is 0 Å². The second-order valence-electron chi connectivity index (χ2n) is 6.32. The summed E-state index contributed by atoms with van der Waals surface area (Å²) in [5.74, 6) is -0.791. The van der Waals surface area contributed by atoms with E-state index in [-0.39, 0.29) is 31.0 Å². The van der Waals surface area contributed by atoms with Crippen molar-refractivity contribution in [3.8, 4) is 0 Å². The maximum atomic E-state index is 11.8. The molecule has 0 aliphatic carbocycles. The molecule has 2 N–H and O–H groups in total. The first kappa shape index (κ1) is 17.4. The molecule has 1 saturated heterocycles. The standard InChI is InChI=1S/C14H26O6/c1-8-9(7-19-13(17)14(2,3)4)12(18-5)20-10(6-15)11(8)16/h8-12,15-16H,6-7H2,1-5H3/t8-,9-,10-,11+,12+/m1/s1. The zero-order valence-electron chi connectivity index (χ0n) is 12.8. The number of aliphatic hydroxyl groups excluding tert-OH is 2. The Kier molecular flexibility index (Phi) is 5.94. The Bertz CT molecular complexity index is 322. The van der Waals surface area contributed by atoms with Gasteiger partial charge in [0.25, 0.3) is 0 Å². The SMILES string of the molecule is CO[C@H]1O[C@H](CO)[C@@H](O)[C@H](C)[C@H]1COC(=O)C(C)(C)C. The van der Waals surface area contributed by atoms with Crippen molar-refractivity contribution >= 4 is 5.97 Å². The topological polar surface area (TPSA) is 85.2 Å². The van der Waals surface area contributed by atoms with Crippen molar-refractivity contribution in [2.75, 3.05) is 20.3 Å². The van der Waals surface area contributed by atoms with E-state index in [1.54, 1.807) is 20.8 Å². The predicted molar refractivity (Wildman–Crippen MR) is 71.8 cm³/mol. The molecule has 20 heavy (non-hydrogen) atoms. The lowest BCUT2D eigenvalue weighted by atomic mass is 9.84. The number of carbonyl (C=O) groups is 1. The number of methoxy groups -OCH3 is 1. The molecule has 0 aromatic rings. The van der Waals surface area contributed by atoms with Gasteiger partial charge >= 0.3 is 5.97 Å². The van der Waals surface area contributed by atoms with Crippen LogP contribution in [0.5, 0.6) is 0 Å². The largest absolute Gasteiger partial charge is 0.465 e. The van der Waals surface area contributed by atoms with Crippen molar-refractivity contribution < 1.29 is 29.2 Å². The summed E-state index contributed by atoms with van der Waals surface area (Å²) in [6.07, 6.45) is -2.10. The molecular formula is C14H26O6. The van der Waals surface area contributed by atoms with Crippen LogP contribution in [0.25, 0.3) is 0 Å². The number of carbonyl (C=O) groups excluding carboxylic acids is 1. The zero-order valence-corrected chi connectivity index (χ0v) is 12.8. The average molecular weight is 290 g/mol. The van der Waals surface area contributed by atoms with E-state index < -0.39 is 23.9 Å². The number of hydrogen-bond acceptors (Lipinski definition) is 6. The average Bonchev–Trinajstić information content (AvgIpc) is 2.38. The van der Waals surface area contributed by atoms with Crippen LogP contribution >= 0.6 is 0 Å². The first-order chi connectivity index (χ1) is 9.22. The fourth-order valence-corrected chi connectivity index (χ4v) is 2.19. The van der Waals surface area contributed by atoms with Crippen LogP contribution in [-0.4, -0.2) is 55.0 Å². The molecule has 0 aromatic heterocycles. The van der Waals surface area contributed by atoms with Gasteiger partial charge in [0.1, 0.15) is 6.10 Å². The first-order valence-corrected chi connectivity index (χ1v) is 6.86.